The Balaban J connectivity index is 2.13. The maximum absolute atomic E-state index is 13.2. The number of hydrogen-bond donors (Lipinski definition) is 0. The molecule has 0 amide bonds. The van der Waals surface area contributed by atoms with Crippen molar-refractivity contribution in [3.8, 4) is 0 Å². The number of aromatic nitrogens is 2. The molecule has 24 heavy (non-hydrogen) atoms. The molecule has 0 atom stereocenters. The summed E-state index contributed by atoms with van der Waals surface area (Å²) >= 11 is 6.05. The highest BCUT2D eigenvalue weighted by molar-refractivity contribution is 6.31. The number of hydrogen-bond acceptors (Lipinski definition) is 3. The highest BCUT2D eigenvalue weighted by atomic mass is 35.5. The van der Waals surface area contributed by atoms with Crippen molar-refractivity contribution < 1.29 is 18.3 Å². The second-order valence-electron chi connectivity index (χ2n) is 5.22. The lowest BCUT2D eigenvalue weighted by Crippen LogP contribution is -2.06. The summed E-state index contributed by atoms with van der Waals surface area (Å²) in [5, 5.41) is 5.06. The van der Waals surface area contributed by atoms with E-state index < -0.39 is 18.5 Å². The molecule has 0 aliphatic rings. The number of carbonyl (C=O) groups excluding carboxylic acids is 1. The fourth-order valence-electron chi connectivity index (χ4n) is 2.48. The third-order valence-corrected chi connectivity index (χ3v) is 4.04. The lowest BCUT2D eigenvalue weighted by atomic mass is 10.1. The van der Waals surface area contributed by atoms with E-state index in [0.717, 1.165) is 0 Å². The van der Waals surface area contributed by atoms with Crippen LogP contribution >= 0.6 is 11.6 Å². The fraction of sp³-hybridized carbons (Fsp3) is 0.176. The first-order valence-electron chi connectivity index (χ1n) is 7.11. The van der Waals surface area contributed by atoms with Crippen LogP contribution < -0.4 is 0 Å². The third-order valence-electron chi connectivity index (χ3n) is 3.68. The Hall–Kier alpha value is -2.47. The number of rotatable bonds is 4. The van der Waals surface area contributed by atoms with Gasteiger partial charge in [0.2, 0.25) is 0 Å². The molecule has 1 aromatic heterocycles. The van der Waals surface area contributed by atoms with Crippen molar-refractivity contribution in [3.63, 3.8) is 0 Å². The molecule has 0 spiro atoms. The monoisotopic (exact) mass is 350 g/mol. The van der Waals surface area contributed by atoms with E-state index in [1.165, 1.54) is 23.9 Å². The molecule has 3 rings (SSSR count). The number of carbonyl (C=O) groups is 1. The average Bonchev–Trinajstić information content (AvgIpc) is 2.94. The molecule has 7 heteroatoms. The SMILES string of the molecule is COC(=O)c1nn(Cc2ccc(F)cc2Cl)c2cc(CF)ccc12. The van der Waals surface area contributed by atoms with Crippen LogP contribution in [0.25, 0.3) is 10.9 Å². The van der Waals surface area contributed by atoms with Gasteiger partial charge in [-0.25, -0.2) is 13.6 Å². The molecule has 0 bridgehead atoms. The minimum Gasteiger partial charge on any atom is -0.464 e. The molecule has 3 aromatic rings. The zero-order chi connectivity index (χ0) is 17.3. The minimum atomic E-state index is -0.633. The summed E-state index contributed by atoms with van der Waals surface area (Å²) in [5.41, 5.74) is 1.80. The van der Waals surface area contributed by atoms with E-state index in [1.807, 2.05) is 0 Å². The van der Waals surface area contributed by atoms with Gasteiger partial charge in [0.25, 0.3) is 0 Å². The molecule has 0 fully saturated rings. The highest BCUT2D eigenvalue weighted by Crippen LogP contribution is 2.24. The minimum absolute atomic E-state index is 0.135. The topological polar surface area (TPSA) is 44.1 Å². The Morgan fingerprint density at radius 2 is 2.08 bits per heavy atom. The van der Waals surface area contributed by atoms with Gasteiger partial charge in [0, 0.05) is 10.4 Å². The summed E-state index contributed by atoms with van der Waals surface area (Å²) in [7, 11) is 1.26. The maximum atomic E-state index is 13.2. The van der Waals surface area contributed by atoms with Crippen LogP contribution in [0.4, 0.5) is 8.78 Å². The third kappa shape index (κ3) is 2.97. The van der Waals surface area contributed by atoms with Crippen molar-refractivity contribution in [2.24, 2.45) is 0 Å². The molecule has 0 saturated carbocycles. The van der Waals surface area contributed by atoms with Crippen molar-refractivity contribution in [2.45, 2.75) is 13.2 Å². The molecule has 124 valence electrons. The number of halogens is 3. The summed E-state index contributed by atoms with van der Waals surface area (Å²) in [6.45, 7) is -0.422. The predicted molar refractivity (Wildman–Crippen MR) is 86.4 cm³/mol. The molecule has 0 N–H and O–H groups in total. The average molecular weight is 351 g/mol. The van der Waals surface area contributed by atoms with Gasteiger partial charge in [0.1, 0.15) is 12.5 Å². The summed E-state index contributed by atoms with van der Waals surface area (Å²) in [4.78, 5) is 11.9. The number of fused-ring (bicyclic) bond motifs is 1. The van der Waals surface area contributed by atoms with Crippen LogP contribution in [-0.2, 0) is 18.0 Å². The number of ether oxygens (including phenoxy) is 1. The van der Waals surface area contributed by atoms with Crippen LogP contribution in [0.1, 0.15) is 21.6 Å². The van der Waals surface area contributed by atoms with Crippen molar-refractivity contribution in [1.29, 1.82) is 0 Å². The van der Waals surface area contributed by atoms with Crippen molar-refractivity contribution >= 4 is 28.5 Å². The normalized spacial score (nSPS) is 11.0. The van der Waals surface area contributed by atoms with Crippen molar-refractivity contribution in [3.05, 3.63) is 64.1 Å². The Kier molecular flexibility index (Phi) is 4.49. The predicted octanol–water partition coefficient (Wildman–Crippen LogP) is 4.13. The number of alkyl halides is 1. The van der Waals surface area contributed by atoms with Gasteiger partial charge in [-0.15, -0.1) is 0 Å². The molecular formula is C17H13ClF2N2O2. The molecule has 4 nitrogen and oxygen atoms in total. The van der Waals surface area contributed by atoms with E-state index in [1.54, 1.807) is 24.3 Å². The molecule has 0 radical (unpaired) electrons. The van der Waals surface area contributed by atoms with E-state index in [0.29, 0.717) is 22.0 Å². The van der Waals surface area contributed by atoms with Crippen LogP contribution in [0.5, 0.6) is 0 Å². The van der Waals surface area contributed by atoms with Gasteiger partial charge < -0.3 is 4.74 Å². The lowest BCUT2D eigenvalue weighted by molar-refractivity contribution is 0.0595. The number of methoxy groups -OCH3 is 1. The first kappa shape index (κ1) is 16.4. The van der Waals surface area contributed by atoms with Gasteiger partial charge in [-0.1, -0.05) is 23.7 Å². The van der Waals surface area contributed by atoms with Crippen molar-refractivity contribution in [2.75, 3.05) is 7.11 Å². The van der Waals surface area contributed by atoms with Crippen LogP contribution in [0.3, 0.4) is 0 Å². The lowest BCUT2D eigenvalue weighted by Gasteiger charge is -2.06. The van der Waals surface area contributed by atoms with E-state index in [4.69, 9.17) is 16.3 Å². The van der Waals surface area contributed by atoms with Gasteiger partial charge in [0.15, 0.2) is 5.69 Å². The summed E-state index contributed by atoms with van der Waals surface area (Å²) in [6, 6.07) is 8.88. The van der Waals surface area contributed by atoms with Crippen LogP contribution in [0.2, 0.25) is 5.02 Å². The summed E-state index contributed by atoms with van der Waals surface area (Å²) in [6.07, 6.45) is 0. The molecule has 1 heterocycles. The molecule has 0 unspecified atom stereocenters. The standard InChI is InChI=1S/C17H13ClF2N2O2/c1-24-17(23)16-13-5-2-10(8-19)6-15(13)22(21-16)9-11-3-4-12(20)7-14(11)18/h2-7H,8-9H2,1H3. The van der Waals surface area contributed by atoms with Crippen LogP contribution in [0, 0.1) is 5.82 Å². The van der Waals surface area contributed by atoms with E-state index in [-0.39, 0.29) is 17.3 Å². The Labute approximate surface area is 141 Å². The van der Waals surface area contributed by atoms with Gasteiger partial charge in [-0.3, -0.25) is 4.68 Å². The number of nitrogens with zero attached hydrogens (tertiary/aromatic N) is 2. The molecular weight excluding hydrogens is 338 g/mol. The summed E-state index contributed by atoms with van der Waals surface area (Å²) in [5.74, 6) is -1.03. The molecule has 2 aromatic carbocycles. The van der Waals surface area contributed by atoms with Crippen LogP contribution in [0.15, 0.2) is 36.4 Å². The number of esters is 1. The fourth-order valence-corrected chi connectivity index (χ4v) is 2.71. The summed E-state index contributed by atoms with van der Waals surface area (Å²) < 4.78 is 32.4. The smallest absolute Gasteiger partial charge is 0.359 e. The second kappa shape index (κ2) is 6.57. The Morgan fingerprint density at radius 1 is 1.29 bits per heavy atom. The van der Waals surface area contributed by atoms with Crippen molar-refractivity contribution in [1.82, 2.24) is 9.78 Å². The van der Waals surface area contributed by atoms with Gasteiger partial charge in [-0.05, 0) is 35.4 Å². The molecule has 0 saturated heterocycles. The molecule has 0 aliphatic carbocycles. The Morgan fingerprint density at radius 3 is 2.75 bits per heavy atom. The largest absolute Gasteiger partial charge is 0.464 e. The highest BCUT2D eigenvalue weighted by Gasteiger charge is 2.18. The first-order chi connectivity index (χ1) is 11.5. The zero-order valence-electron chi connectivity index (χ0n) is 12.7. The van der Waals surface area contributed by atoms with E-state index >= 15 is 0 Å². The molecule has 0 aliphatic heterocycles. The van der Waals surface area contributed by atoms with E-state index in [9.17, 15) is 13.6 Å². The van der Waals surface area contributed by atoms with Gasteiger partial charge >= 0.3 is 5.97 Å². The quantitative estimate of drug-likeness (QED) is 0.664. The second-order valence-corrected chi connectivity index (χ2v) is 5.63. The van der Waals surface area contributed by atoms with Gasteiger partial charge in [0.05, 0.1) is 19.2 Å². The Bertz CT molecular complexity index is 924. The number of benzene rings is 2. The van der Waals surface area contributed by atoms with Crippen LogP contribution in [-0.4, -0.2) is 22.9 Å². The van der Waals surface area contributed by atoms with E-state index in [2.05, 4.69) is 5.10 Å². The maximum Gasteiger partial charge on any atom is 0.359 e. The first-order valence-corrected chi connectivity index (χ1v) is 7.49. The zero-order valence-corrected chi connectivity index (χ0v) is 13.5. The van der Waals surface area contributed by atoms with Gasteiger partial charge in [-0.2, -0.15) is 5.10 Å².